The van der Waals surface area contributed by atoms with Crippen LogP contribution in [-0.2, 0) is 0 Å². The quantitative estimate of drug-likeness (QED) is 0.930. The van der Waals surface area contributed by atoms with E-state index in [2.05, 4.69) is 0 Å². The van der Waals surface area contributed by atoms with Crippen molar-refractivity contribution in [2.24, 2.45) is 0 Å². The van der Waals surface area contributed by atoms with Crippen LogP contribution < -0.4 is 0 Å². The van der Waals surface area contributed by atoms with Crippen molar-refractivity contribution in [3.05, 3.63) is 64.4 Å². The van der Waals surface area contributed by atoms with Crippen LogP contribution in [0.3, 0.4) is 0 Å². The van der Waals surface area contributed by atoms with Gasteiger partial charge in [-0.1, -0.05) is 29.8 Å². The van der Waals surface area contributed by atoms with Crippen LogP contribution in [-0.4, -0.2) is 23.0 Å². The van der Waals surface area contributed by atoms with Crippen molar-refractivity contribution in [2.45, 2.75) is 13.0 Å². The van der Waals surface area contributed by atoms with E-state index in [4.69, 9.17) is 11.6 Å². The van der Waals surface area contributed by atoms with Gasteiger partial charge in [0.25, 0.3) is 5.91 Å². The molecule has 2 aromatic carbocycles. The molecule has 5 heteroatoms. The molecule has 0 aromatic heterocycles. The van der Waals surface area contributed by atoms with Gasteiger partial charge in [0.15, 0.2) is 0 Å². The van der Waals surface area contributed by atoms with Gasteiger partial charge in [0.05, 0.1) is 11.6 Å². The first-order chi connectivity index (χ1) is 9.91. The summed E-state index contributed by atoms with van der Waals surface area (Å²) in [6.45, 7) is 1.83. The molecule has 0 fully saturated rings. The molecule has 0 heterocycles. The first-order valence-corrected chi connectivity index (χ1v) is 6.79. The molecule has 1 atom stereocenters. The molecule has 0 radical (unpaired) electrons. The van der Waals surface area contributed by atoms with E-state index in [1.165, 1.54) is 11.0 Å². The van der Waals surface area contributed by atoms with E-state index < -0.39 is 11.7 Å². The van der Waals surface area contributed by atoms with E-state index >= 15 is 0 Å². The number of aromatic hydroxyl groups is 1. The van der Waals surface area contributed by atoms with Crippen LogP contribution in [0.15, 0.2) is 42.5 Å². The summed E-state index contributed by atoms with van der Waals surface area (Å²) >= 11 is 6.13. The van der Waals surface area contributed by atoms with Crippen LogP contribution in [0.25, 0.3) is 0 Å². The molecule has 0 aliphatic rings. The molecule has 1 N–H and O–H groups in total. The average Bonchev–Trinajstić information content (AvgIpc) is 2.45. The zero-order valence-corrected chi connectivity index (χ0v) is 12.4. The Bertz CT molecular complexity index is 675. The van der Waals surface area contributed by atoms with Crippen molar-refractivity contribution < 1.29 is 14.3 Å². The van der Waals surface area contributed by atoms with E-state index in [0.717, 1.165) is 17.7 Å². The van der Waals surface area contributed by atoms with Crippen LogP contribution in [0.4, 0.5) is 4.39 Å². The lowest BCUT2D eigenvalue weighted by Gasteiger charge is -2.26. The lowest BCUT2D eigenvalue weighted by atomic mass is 10.1. The number of hydrogen-bond acceptors (Lipinski definition) is 2. The molecule has 21 heavy (non-hydrogen) atoms. The van der Waals surface area contributed by atoms with Crippen molar-refractivity contribution in [3.63, 3.8) is 0 Å². The number of phenols is 1. The minimum absolute atomic E-state index is 0.0535. The number of carbonyl (C=O) groups is 1. The third-order valence-electron chi connectivity index (χ3n) is 3.45. The van der Waals surface area contributed by atoms with Gasteiger partial charge in [0, 0.05) is 18.1 Å². The van der Waals surface area contributed by atoms with Crippen molar-refractivity contribution in [1.82, 2.24) is 4.90 Å². The predicted octanol–water partition coefficient (Wildman–Crippen LogP) is 4.02. The second kappa shape index (κ2) is 6.14. The normalized spacial score (nSPS) is 12.0. The Morgan fingerprint density at radius 1 is 1.29 bits per heavy atom. The molecular weight excluding hydrogens is 293 g/mol. The lowest BCUT2D eigenvalue weighted by Crippen LogP contribution is -2.29. The zero-order chi connectivity index (χ0) is 15.6. The Balaban J connectivity index is 2.29. The fraction of sp³-hybridized carbons (Fsp3) is 0.188. The molecule has 0 spiro atoms. The van der Waals surface area contributed by atoms with Crippen LogP contribution in [0.2, 0.25) is 5.02 Å². The summed E-state index contributed by atoms with van der Waals surface area (Å²) in [4.78, 5) is 13.9. The van der Waals surface area contributed by atoms with Gasteiger partial charge in [-0.05, 0) is 30.7 Å². The van der Waals surface area contributed by atoms with Gasteiger partial charge >= 0.3 is 0 Å². The van der Waals surface area contributed by atoms with Gasteiger partial charge in [0.1, 0.15) is 11.6 Å². The smallest absolute Gasteiger partial charge is 0.257 e. The third-order valence-corrected chi connectivity index (χ3v) is 3.79. The summed E-state index contributed by atoms with van der Waals surface area (Å²) in [5, 5.41) is 10.3. The lowest BCUT2D eigenvalue weighted by molar-refractivity contribution is 0.0739. The van der Waals surface area contributed by atoms with Crippen LogP contribution in [0, 0.1) is 5.82 Å². The molecule has 3 nitrogen and oxygen atoms in total. The highest BCUT2D eigenvalue weighted by atomic mass is 35.5. The number of amides is 1. The van der Waals surface area contributed by atoms with Crippen molar-refractivity contribution in [1.29, 1.82) is 0 Å². The molecule has 0 saturated heterocycles. The standard InChI is InChI=1S/C16H15ClFNO2/c1-10(12-5-3-4-6-14(12)17)19(2)16(21)13-8-7-11(18)9-15(13)20/h3-10,20H,1-2H3. The van der Waals surface area contributed by atoms with Crippen LogP contribution in [0.1, 0.15) is 28.9 Å². The van der Waals surface area contributed by atoms with Crippen molar-refractivity contribution in [3.8, 4) is 5.75 Å². The highest BCUT2D eigenvalue weighted by Gasteiger charge is 2.22. The summed E-state index contributed by atoms with van der Waals surface area (Å²) in [5.41, 5.74) is 0.856. The average molecular weight is 308 g/mol. The van der Waals surface area contributed by atoms with E-state index in [1.807, 2.05) is 25.1 Å². The van der Waals surface area contributed by atoms with Gasteiger partial charge in [-0.25, -0.2) is 4.39 Å². The largest absolute Gasteiger partial charge is 0.507 e. The molecule has 1 amide bonds. The molecular formula is C16H15ClFNO2. The highest BCUT2D eigenvalue weighted by molar-refractivity contribution is 6.31. The summed E-state index contributed by atoms with van der Waals surface area (Å²) in [7, 11) is 1.61. The zero-order valence-electron chi connectivity index (χ0n) is 11.7. The number of benzene rings is 2. The molecule has 0 aliphatic carbocycles. The summed E-state index contributed by atoms with van der Waals surface area (Å²) in [5.74, 6) is -1.37. The van der Waals surface area contributed by atoms with Gasteiger partial charge in [-0.15, -0.1) is 0 Å². The van der Waals surface area contributed by atoms with Gasteiger partial charge in [-0.3, -0.25) is 4.79 Å². The second-order valence-electron chi connectivity index (χ2n) is 4.78. The minimum Gasteiger partial charge on any atom is -0.507 e. The van der Waals surface area contributed by atoms with E-state index in [9.17, 15) is 14.3 Å². The second-order valence-corrected chi connectivity index (χ2v) is 5.18. The Morgan fingerprint density at radius 2 is 1.95 bits per heavy atom. The SMILES string of the molecule is CC(c1ccccc1Cl)N(C)C(=O)c1ccc(F)cc1O. The number of halogens is 2. The van der Waals surface area contributed by atoms with E-state index in [0.29, 0.717) is 5.02 Å². The third kappa shape index (κ3) is 3.16. The molecule has 1 unspecified atom stereocenters. The topological polar surface area (TPSA) is 40.5 Å². The predicted molar refractivity (Wildman–Crippen MR) is 80.0 cm³/mol. The monoisotopic (exact) mass is 307 g/mol. The maximum atomic E-state index is 13.0. The van der Waals surface area contributed by atoms with Gasteiger partial charge in [-0.2, -0.15) is 0 Å². The number of nitrogens with zero attached hydrogens (tertiary/aromatic N) is 1. The summed E-state index contributed by atoms with van der Waals surface area (Å²) < 4.78 is 13.0. The van der Waals surface area contributed by atoms with Crippen LogP contribution >= 0.6 is 11.6 Å². The number of hydrogen-bond donors (Lipinski definition) is 1. The Hall–Kier alpha value is -2.07. The van der Waals surface area contributed by atoms with Crippen LogP contribution in [0.5, 0.6) is 5.75 Å². The van der Waals surface area contributed by atoms with E-state index in [-0.39, 0.29) is 17.4 Å². The number of phenolic OH excluding ortho intramolecular Hbond substituents is 1. The Kier molecular flexibility index (Phi) is 4.48. The Morgan fingerprint density at radius 3 is 2.57 bits per heavy atom. The van der Waals surface area contributed by atoms with Crippen molar-refractivity contribution >= 4 is 17.5 Å². The Labute approximate surface area is 127 Å². The number of carbonyl (C=O) groups excluding carboxylic acids is 1. The fourth-order valence-corrected chi connectivity index (χ4v) is 2.37. The van der Waals surface area contributed by atoms with E-state index in [1.54, 1.807) is 13.1 Å². The molecule has 0 saturated carbocycles. The summed E-state index contributed by atoms with van der Waals surface area (Å²) in [6, 6.07) is 10.3. The highest BCUT2D eigenvalue weighted by Crippen LogP contribution is 2.28. The maximum Gasteiger partial charge on any atom is 0.257 e. The number of rotatable bonds is 3. The minimum atomic E-state index is -0.592. The molecule has 0 bridgehead atoms. The maximum absolute atomic E-state index is 13.0. The molecule has 2 aromatic rings. The molecule has 2 rings (SSSR count). The molecule has 0 aliphatic heterocycles. The van der Waals surface area contributed by atoms with Gasteiger partial charge < -0.3 is 10.0 Å². The van der Waals surface area contributed by atoms with Gasteiger partial charge in [0.2, 0.25) is 0 Å². The molecule has 110 valence electrons. The van der Waals surface area contributed by atoms with Crippen molar-refractivity contribution in [2.75, 3.05) is 7.05 Å². The summed E-state index contributed by atoms with van der Waals surface area (Å²) in [6.07, 6.45) is 0. The fourth-order valence-electron chi connectivity index (χ4n) is 2.07. The first-order valence-electron chi connectivity index (χ1n) is 6.42. The first kappa shape index (κ1) is 15.3.